The third kappa shape index (κ3) is 2.95. The van der Waals surface area contributed by atoms with Gasteiger partial charge in [-0.3, -0.25) is 0 Å². The molecule has 3 heteroatoms. The number of rotatable bonds is 3. The van der Waals surface area contributed by atoms with E-state index >= 15 is 0 Å². The minimum absolute atomic E-state index is 0.0507. The van der Waals surface area contributed by atoms with Crippen LogP contribution in [0, 0.1) is 23.2 Å². The summed E-state index contributed by atoms with van der Waals surface area (Å²) in [6.07, 6.45) is 1.68. The average molecular weight is 245 g/mol. The Kier molecular flexibility index (Phi) is 4.09. The summed E-state index contributed by atoms with van der Waals surface area (Å²) in [5, 5.41) is 9.14. The molecule has 1 aliphatic rings. The van der Waals surface area contributed by atoms with E-state index in [1.54, 1.807) is 0 Å². The van der Waals surface area contributed by atoms with Crippen LogP contribution in [0.25, 0.3) is 0 Å². The predicted octanol–water partition coefficient (Wildman–Crippen LogP) is 3.19. The van der Waals surface area contributed by atoms with Crippen molar-refractivity contribution < 1.29 is 9.47 Å². The molecule has 1 atom stereocenters. The SMILES string of the molecule is CC(C)C(C#N)Cc1ccc2c(c1)OCCCO2. The minimum atomic E-state index is 0.0507. The van der Waals surface area contributed by atoms with E-state index in [9.17, 15) is 0 Å². The van der Waals surface area contributed by atoms with Crippen LogP contribution in [0.2, 0.25) is 0 Å². The molecule has 0 bridgehead atoms. The molecular weight excluding hydrogens is 226 g/mol. The fraction of sp³-hybridized carbons (Fsp3) is 0.533. The van der Waals surface area contributed by atoms with Gasteiger partial charge in [0.25, 0.3) is 0 Å². The van der Waals surface area contributed by atoms with Gasteiger partial charge in [-0.05, 0) is 30.0 Å². The number of ether oxygens (including phenoxy) is 2. The van der Waals surface area contributed by atoms with E-state index in [0.29, 0.717) is 19.1 Å². The first-order chi connectivity index (χ1) is 8.70. The fourth-order valence-electron chi connectivity index (χ4n) is 2.02. The second-order valence-corrected chi connectivity index (χ2v) is 5.02. The van der Waals surface area contributed by atoms with Crippen molar-refractivity contribution in [3.63, 3.8) is 0 Å². The van der Waals surface area contributed by atoms with Gasteiger partial charge in [0.1, 0.15) is 0 Å². The molecule has 3 nitrogen and oxygen atoms in total. The molecule has 1 aliphatic heterocycles. The van der Waals surface area contributed by atoms with Gasteiger partial charge in [0.15, 0.2) is 11.5 Å². The van der Waals surface area contributed by atoms with Crippen molar-refractivity contribution in [1.82, 2.24) is 0 Å². The highest BCUT2D eigenvalue weighted by Gasteiger charge is 2.16. The maximum atomic E-state index is 9.14. The van der Waals surface area contributed by atoms with Crippen molar-refractivity contribution in [1.29, 1.82) is 5.26 Å². The summed E-state index contributed by atoms with van der Waals surface area (Å²) in [6.45, 7) is 5.56. The summed E-state index contributed by atoms with van der Waals surface area (Å²) < 4.78 is 11.2. The smallest absolute Gasteiger partial charge is 0.161 e. The highest BCUT2D eigenvalue weighted by molar-refractivity contribution is 5.43. The molecule has 0 spiro atoms. The topological polar surface area (TPSA) is 42.2 Å². The van der Waals surface area contributed by atoms with Crippen LogP contribution in [0.15, 0.2) is 18.2 Å². The van der Waals surface area contributed by atoms with E-state index in [0.717, 1.165) is 29.9 Å². The molecule has 0 N–H and O–H groups in total. The van der Waals surface area contributed by atoms with Crippen molar-refractivity contribution in [2.45, 2.75) is 26.7 Å². The number of nitrogens with zero attached hydrogens (tertiary/aromatic N) is 1. The lowest BCUT2D eigenvalue weighted by atomic mass is 9.90. The third-order valence-corrected chi connectivity index (χ3v) is 3.24. The number of hydrogen-bond donors (Lipinski definition) is 0. The van der Waals surface area contributed by atoms with Gasteiger partial charge in [-0.15, -0.1) is 0 Å². The predicted molar refractivity (Wildman–Crippen MR) is 69.7 cm³/mol. The molecule has 0 aromatic heterocycles. The fourth-order valence-corrected chi connectivity index (χ4v) is 2.02. The van der Waals surface area contributed by atoms with Gasteiger partial charge in [-0.25, -0.2) is 0 Å². The highest BCUT2D eigenvalue weighted by Crippen LogP contribution is 2.31. The Labute approximate surface area is 108 Å². The van der Waals surface area contributed by atoms with Crippen LogP contribution < -0.4 is 9.47 Å². The lowest BCUT2D eigenvalue weighted by Crippen LogP contribution is -2.09. The first-order valence-electron chi connectivity index (χ1n) is 6.49. The van der Waals surface area contributed by atoms with Crippen LogP contribution in [0.4, 0.5) is 0 Å². The normalized spacial score (nSPS) is 15.9. The van der Waals surface area contributed by atoms with Gasteiger partial charge in [-0.2, -0.15) is 5.26 Å². The zero-order chi connectivity index (χ0) is 13.0. The summed E-state index contributed by atoms with van der Waals surface area (Å²) >= 11 is 0. The number of benzene rings is 1. The molecule has 1 unspecified atom stereocenters. The molecule has 0 saturated heterocycles. The molecule has 0 saturated carbocycles. The molecular formula is C15H19NO2. The second-order valence-electron chi connectivity index (χ2n) is 5.02. The van der Waals surface area contributed by atoms with Gasteiger partial charge in [0.05, 0.1) is 25.2 Å². The van der Waals surface area contributed by atoms with E-state index in [-0.39, 0.29) is 5.92 Å². The molecule has 1 aromatic carbocycles. The summed E-state index contributed by atoms with van der Waals surface area (Å²) in [6, 6.07) is 8.35. The summed E-state index contributed by atoms with van der Waals surface area (Å²) in [5.41, 5.74) is 1.14. The Balaban J connectivity index is 2.15. The Morgan fingerprint density at radius 2 is 1.94 bits per heavy atom. The molecule has 1 aromatic rings. The van der Waals surface area contributed by atoms with Gasteiger partial charge in [0.2, 0.25) is 0 Å². The maximum Gasteiger partial charge on any atom is 0.161 e. The Morgan fingerprint density at radius 1 is 1.22 bits per heavy atom. The Bertz CT molecular complexity index is 448. The van der Waals surface area contributed by atoms with Crippen molar-refractivity contribution >= 4 is 0 Å². The molecule has 0 radical (unpaired) electrons. The van der Waals surface area contributed by atoms with Crippen LogP contribution in [0.3, 0.4) is 0 Å². The lowest BCUT2D eigenvalue weighted by Gasteiger charge is -2.14. The van der Waals surface area contributed by atoms with Crippen LogP contribution in [-0.2, 0) is 6.42 Å². The van der Waals surface area contributed by atoms with Crippen molar-refractivity contribution in [2.24, 2.45) is 11.8 Å². The third-order valence-electron chi connectivity index (χ3n) is 3.24. The van der Waals surface area contributed by atoms with Gasteiger partial charge in [0, 0.05) is 6.42 Å². The highest BCUT2D eigenvalue weighted by atomic mass is 16.5. The van der Waals surface area contributed by atoms with Gasteiger partial charge >= 0.3 is 0 Å². The summed E-state index contributed by atoms with van der Waals surface area (Å²) in [7, 11) is 0. The van der Waals surface area contributed by atoms with Gasteiger partial charge in [-0.1, -0.05) is 19.9 Å². The van der Waals surface area contributed by atoms with Crippen LogP contribution in [0.1, 0.15) is 25.8 Å². The zero-order valence-electron chi connectivity index (χ0n) is 11.0. The number of nitriles is 1. The molecule has 0 aliphatic carbocycles. The van der Waals surface area contributed by atoms with E-state index in [1.807, 2.05) is 18.2 Å². The average Bonchev–Trinajstić information content (AvgIpc) is 2.60. The van der Waals surface area contributed by atoms with E-state index < -0.39 is 0 Å². The maximum absolute atomic E-state index is 9.14. The number of hydrogen-bond acceptors (Lipinski definition) is 3. The van der Waals surface area contributed by atoms with Gasteiger partial charge < -0.3 is 9.47 Å². The van der Waals surface area contributed by atoms with Crippen molar-refractivity contribution in [3.05, 3.63) is 23.8 Å². The largest absolute Gasteiger partial charge is 0.490 e. The Morgan fingerprint density at radius 3 is 2.61 bits per heavy atom. The molecule has 96 valence electrons. The molecule has 1 heterocycles. The van der Waals surface area contributed by atoms with Crippen LogP contribution in [-0.4, -0.2) is 13.2 Å². The summed E-state index contributed by atoms with van der Waals surface area (Å²) in [4.78, 5) is 0. The summed E-state index contributed by atoms with van der Waals surface area (Å²) in [5.74, 6) is 2.04. The zero-order valence-corrected chi connectivity index (χ0v) is 11.0. The standard InChI is InChI=1S/C15H19NO2/c1-11(2)13(10-16)8-12-4-5-14-15(9-12)18-7-3-6-17-14/h4-5,9,11,13H,3,6-8H2,1-2H3. The van der Waals surface area contributed by atoms with E-state index in [4.69, 9.17) is 14.7 Å². The van der Waals surface area contributed by atoms with E-state index in [1.165, 1.54) is 0 Å². The van der Waals surface area contributed by atoms with Crippen molar-refractivity contribution in [2.75, 3.05) is 13.2 Å². The number of fused-ring (bicyclic) bond motifs is 1. The quantitative estimate of drug-likeness (QED) is 0.821. The monoisotopic (exact) mass is 245 g/mol. The van der Waals surface area contributed by atoms with E-state index in [2.05, 4.69) is 19.9 Å². The molecule has 2 rings (SSSR count). The van der Waals surface area contributed by atoms with Crippen LogP contribution >= 0.6 is 0 Å². The molecule has 18 heavy (non-hydrogen) atoms. The van der Waals surface area contributed by atoms with Crippen molar-refractivity contribution in [3.8, 4) is 17.6 Å². The first kappa shape index (κ1) is 12.8. The molecule has 0 amide bonds. The lowest BCUT2D eigenvalue weighted by molar-refractivity contribution is 0.297. The second kappa shape index (κ2) is 5.77. The molecule has 0 fully saturated rings. The first-order valence-corrected chi connectivity index (χ1v) is 6.49. The Hall–Kier alpha value is -1.69. The minimum Gasteiger partial charge on any atom is -0.490 e. The van der Waals surface area contributed by atoms with Crippen LogP contribution in [0.5, 0.6) is 11.5 Å².